The molecule has 2 rings (SSSR count). The third-order valence-electron chi connectivity index (χ3n) is 3.08. The Morgan fingerprint density at radius 3 is 2.50 bits per heavy atom. The van der Waals surface area contributed by atoms with Crippen LogP contribution >= 0.6 is 31.9 Å². The molecule has 2 aromatic carbocycles. The van der Waals surface area contributed by atoms with Crippen LogP contribution in [0.3, 0.4) is 0 Å². The SMILES string of the molecule is CCNC(c1cc(C)cc(F)c1)c1ccc(Br)cc1Br. The second kappa shape index (κ2) is 6.83. The van der Waals surface area contributed by atoms with Crippen molar-refractivity contribution in [3.05, 3.63) is 67.9 Å². The number of benzene rings is 2. The minimum Gasteiger partial charge on any atom is -0.306 e. The zero-order valence-corrected chi connectivity index (χ0v) is 14.6. The normalized spacial score (nSPS) is 12.4. The van der Waals surface area contributed by atoms with Crippen molar-refractivity contribution in [2.75, 3.05) is 6.54 Å². The summed E-state index contributed by atoms with van der Waals surface area (Å²) in [5.41, 5.74) is 2.96. The number of halogens is 3. The van der Waals surface area contributed by atoms with E-state index in [1.165, 1.54) is 0 Å². The molecule has 0 spiro atoms. The Balaban J connectivity index is 2.49. The Morgan fingerprint density at radius 1 is 1.15 bits per heavy atom. The van der Waals surface area contributed by atoms with E-state index in [0.29, 0.717) is 0 Å². The van der Waals surface area contributed by atoms with Gasteiger partial charge in [0, 0.05) is 8.95 Å². The number of hydrogen-bond acceptors (Lipinski definition) is 1. The molecule has 0 aliphatic rings. The van der Waals surface area contributed by atoms with Crippen LogP contribution in [-0.4, -0.2) is 6.54 Å². The molecule has 0 saturated heterocycles. The Bertz CT molecular complexity index is 593. The molecular weight excluding hydrogens is 385 g/mol. The lowest BCUT2D eigenvalue weighted by molar-refractivity contribution is 0.601. The van der Waals surface area contributed by atoms with Crippen LogP contribution in [0.2, 0.25) is 0 Å². The monoisotopic (exact) mass is 399 g/mol. The minimum atomic E-state index is -0.198. The lowest BCUT2D eigenvalue weighted by atomic mass is 9.97. The summed E-state index contributed by atoms with van der Waals surface area (Å²) >= 11 is 7.04. The van der Waals surface area contributed by atoms with Crippen molar-refractivity contribution in [3.8, 4) is 0 Å². The van der Waals surface area contributed by atoms with E-state index in [1.54, 1.807) is 12.1 Å². The Morgan fingerprint density at radius 2 is 1.90 bits per heavy atom. The van der Waals surface area contributed by atoms with Gasteiger partial charge in [-0.15, -0.1) is 0 Å². The van der Waals surface area contributed by atoms with Gasteiger partial charge in [-0.05, 0) is 54.4 Å². The van der Waals surface area contributed by atoms with Gasteiger partial charge >= 0.3 is 0 Å². The highest BCUT2D eigenvalue weighted by Crippen LogP contribution is 2.31. The Hall–Kier alpha value is -0.710. The fourth-order valence-corrected chi connectivity index (χ4v) is 3.55. The zero-order valence-electron chi connectivity index (χ0n) is 11.4. The standard InChI is InChI=1S/C16H16Br2FN/c1-3-20-16(11-6-10(2)7-13(19)8-11)14-5-4-12(17)9-15(14)18/h4-9,16,20H,3H2,1-2H3. The maximum atomic E-state index is 13.7. The van der Waals surface area contributed by atoms with E-state index in [2.05, 4.69) is 37.2 Å². The molecule has 0 aliphatic heterocycles. The van der Waals surface area contributed by atoms with Crippen LogP contribution in [0, 0.1) is 12.7 Å². The van der Waals surface area contributed by atoms with Crippen LogP contribution in [0.15, 0.2) is 45.3 Å². The molecule has 20 heavy (non-hydrogen) atoms. The van der Waals surface area contributed by atoms with Crippen LogP contribution in [0.25, 0.3) is 0 Å². The number of hydrogen-bond donors (Lipinski definition) is 1. The third kappa shape index (κ3) is 3.68. The molecule has 106 valence electrons. The van der Waals surface area contributed by atoms with Crippen molar-refractivity contribution < 1.29 is 4.39 Å². The van der Waals surface area contributed by atoms with E-state index in [0.717, 1.165) is 32.2 Å². The van der Waals surface area contributed by atoms with E-state index < -0.39 is 0 Å². The van der Waals surface area contributed by atoms with Crippen molar-refractivity contribution in [2.45, 2.75) is 19.9 Å². The molecule has 1 unspecified atom stereocenters. The molecule has 0 bridgehead atoms. The van der Waals surface area contributed by atoms with Crippen molar-refractivity contribution in [1.82, 2.24) is 5.32 Å². The molecule has 4 heteroatoms. The predicted molar refractivity (Wildman–Crippen MR) is 88.5 cm³/mol. The lowest BCUT2D eigenvalue weighted by Crippen LogP contribution is -2.22. The highest BCUT2D eigenvalue weighted by molar-refractivity contribution is 9.11. The zero-order chi connectivity index (χ0) is 14.7. The summed E-state index contributed by atoms with van der Waals surface area (Å²) in [4.78, 5) is 0. The lowest BCUT2D eigenvalue weighted by Gasteiger charge is -2.21. The molecular formula is C16H16Br2FN. The van der Waals surface area contributed by atoms with Gasteiger partial charge in [0.25, 0.3) is 0 Å². The number of rotatable bonds is 4. The summed E-state index contributed by atoms with van der Waals surface area (Å²) in [6.07, 6.45) is 0. The first-order valence-electron chi connectivity index (χ1n) is 6.46. The Kier molecular flexibility index (Phi) is 5.35. The smallest absolute Gasteiger partial charge is 0.123 e. The minimum absolute atomic E-state index is 0.0307. The van der Waals surface area contributed by atoms with Gasteiger partial charge in [-0.25, -0.2) is 4.39 Å². The van der Waals surface area contributed by atoms with Crippen LogP contribution in [-0.2, 0) is 0 Å². The molecule has 0 fully saturated rings. The highest BCUT2D eigenvalue weighted by atomic mass is 79.9. The van der Waals surface area contributed by atoms with Crippen molar-refractivity contribution in [3.63, 3.8) is 0 Å². The van der Waals surface area contributed by atoms with E-state index >= 15 is 0 Å². The average molecular weight is 401 g/mol. The summed E-state index contributed by atoms with van der Waals surface area (Å²) in [6.45, 7) is 4.76. The summed E-state index contributed by atoms with van der Waals surface area (Å²) in [7, 11) is 0. The molecule has 0 aliphatic carbocycles. The number of nitrogens with one attached hydrogen (secondary N) is 1. The summed E-state index contributed by atoms with van der Waals surface area (Å²) in [6, 6.07) is 11.2. The van der Waals surface area contributed by atoms with E-state index in [1.807, 2.05) is 38.1 Å². The van der Waals surface area contributed by atoms with Crippen LogP contribution in [0.4, 0.5) is 4.39 Å². The van der Waals surface area contributed by atoms with Gasteiger partial charge in [-0.1, -0.05) is 50.9 Å². The van der Waals surface area contributed by atoms with Crippen LogP contribution in [0.5, 0.6) is 0 Å². The van der Waals surface area contributed by atoms with Crippen molar-refractivity contribution in [1.29, 1.82) is 0 Å². The first-order chi connectivity index (χ1) is 9.51. The van der Waals surface area contributed by atoms with Gasteiger partial charge in [0.2, 0.25) is 0 Å². The van der Waals surface area contributed by atoms with E-state index in [-0.39, 0.29) is 11.9 Å². The molecule has 1 atom stereocenters. The molecule has 0 amide bonds. The highest BCUT2D eigenvalue weighted by Gasteiger charge is 2.17. The van der Waals surface area contributed by atoms with Crippen LogP contribution in [0.1, 0.15) is 29.7 Å². The maximum Gasteiger partial charge on any atom is 0.123 e. The Labute approximate surface area is 135 Å². The topological polar surface area (TPSA) is 12.0 Å². The van der Waals surface area contributed by atoms with Gasteiger partial charge < -0.3 is 5.32 Å². The van der Waals surface area contributed by atoms with Gasteiger partial charge in [-0.3, -0.25) is 0 Å². The fourth-order valence-electron chi connectivity index (χ4n) is 2.28. The van der Waals surface area contributed by atoms with Crippen LogP contribution < -0.4 is 5.32 Å². The first kappa shape index (κ1) is 15.7. The summed E-state index contributed by atoms with van der Waals surface area (Å²) in [5.74, 6) is -0.198. The molecule has 1 nitrogen and oxygen atoms in total. The van der Waals surface area contributed by atoms with Crippen molar-refractivity contribution >= 4 is 31.9 Å². The third-order valence-corrected chi connectivity index (χ3v) is 4.26. The quantitative estimate of drug-likeness (QED) is 0.728. The van der Waals surface area contributed by atoms with Gasteiger partial charge in [-0.2, -0.15) is 0 Å². The summed E-state index contributed by atoms with van der Waals surface area (Å²) < 4.78 is 15.7. The average Bonchev–Trinajstić information content (AvgIpc) is 2.35. The van der Waals surface area contributed by atoms with Gasteiger partial charge in [0.1, 0.15) is 5.82 Å². The van der Waals surface area contributed by atoms with Crippen molar-refractivity contribution in [2.24, 2.45) is 0 Å². The second-order valence-electron chi connectivity index (χ2n) is 4.72. The molecule has 0 heterocycles. The fraction of sp³-hybridized carbons (Fsp3) is 0.250. The largest absolute Gasteiger partial charge is 0.306 e. The predicted octanol–water partition coefficient (Wildman–Crippen LogP) is 5.36. The van der Waals surface area contributed by atoms with E-state index in [9.17, 15) is 4.39 Å². The maximum absolute atomic E-state index is 13.7. The molecule has 0 saturated carbocycles. The summed E-state index contributed by atoms with van der Waals surface area (Å²) in [5, 5.41) is 3.42. The van der Waals surface area contributed by atoms with E-state index in [4.69, 9.17) is 0 Å². The van der Waals surface area contributed by atoms with Gasteiger partial charge in [0.15, 0.2) is 0 Å². The molecule has 0 radical (unpaired) electrons. The molecule has 1 N–H and O–H groups in total. The van der Waals surface area contributed by atoms with Gasteiger partial charge in [0.05, 0.1) is 6.04 Å². The first-order valence-corrected chi connectivity index (χ1v) is 8.05. The number of aryl methyl sites for hydroxylation is 1. The molecule has 2 aromatic rings. The molecule has 0 aromatic heterocycles. The second-order valence-corrected chi connectivity index (χ2v) is 6.49.